The van der Waals surface area contributed by atoms with Crippen LogP contribution >= 0.6 is 23.5 Å². The van der Waals surface area contributed by atoms with E-state index in [4.69, 9.17) is 14.8 Å². The van der Waals surface area contributed by atoms with Gasteiger partial charge in [-0.15, -0.1) is 23.5 Å². The molecule has 13 heteroatoms. The summed E-state index contributed by atoms with van der Waals surface area (Å²) in [7, 11) is 0. The van der Waals surface area contributed by atoms with E-state index in [1.54, 1.807) is 12.8 Å². The van der Waals surface area contributed by atoms with Crippen LogP contribution in [-0.2, 0) is 9.47 Å². The van der Waals surface area contributed by atoms with Crippen molar-refractivity contribution in [2.75, 3.05) is 65.4 Å². The Bertz CT molecular complexity index is 2310. The third kappa shape index (κ3) is 11.9. The average Bonchev–Trinajstić information content (AvgIpc) is 1.97. The van der Waals surface area contributed by atoms with Crippen LogP contribution in [0.4, 0.5) is 0 Å². The second-order valence-electron chi connectivity index (χ2n) is 35.4. The molecule has 0 radical (unpaired) electrons. The van der Waals surface area contributed by atoms with E-state index in [0.717, 1.165) is 118 Å². The summed E-state index contributed by atoms with van der Waals surface area (Å²) >= 11 is 4.70. The SMILES string of the molecule is C1CCC(C2CCC3SC4NCC(C5CCCC6C7CCCC(C8CCCC9CC8OC8C9CCCC8C8CNC9SC%10CCC(C%11C(C%12CCNCC%12)CC(C%12CCNCC%12)CC%11C%11CCNCC%11)CC%10C9N8)C7OC56)NC4C3N2)C(C2CCNCC2)C1. The van der Waals surface area contributed by atoms with Gasteiger partial charge in [-0.1, -0.05) is 38.5 Å². The molecule has 18 fully saturated rings. The van der Waals surface area contributed by atoms with Crippen molar-refractivity contribution >= 4 is 23.5 Å². The van der Waals surface area contributed by atoms with Crippen molar-refractivity contribution in [1.82, 2.24) is 47.9 Å². The number of piperidine rings is 5. The van der Waals surface area contributed by atoms with Crippen molar-refractivity contribution in [2.24, 2.45) is 118 Å². The fourth-order valence-electron chi connectivity index (χ4n) is 28.0. The fraction of sp³-hybridized carbons (Fsp3) is 1.00. The molecule has 28 atom stereocenters. The van der Waals surface area contributed by atoms with Crippen LogP contribution in [-0.4, -0.2) is 147 Å². The van der Waals surface area contributed by atoms with Gasteiger partial charge in [0, 0.05) is 71.7 Å². The van der Waals surface area contributed by atoms with Crippen molar-refractivity contribution in [1.29, 1.82) is 0 Å². The van der Waals surface area contributed by atoms with Crippen LogP contribution in [0.1, 0.15) is 205 Å². The van der Waals surface area contributed by atoms with E-state index in [0.29, 0.717) is 95.1 Å². The van der Waals surface area contributed by atoms with Gasteiger partial charge in [-0.2, -0.15) is 0 Å². The maximum Gasteiger partial charge on any atom is 0.0707 e. The highest BCUT2D eigenvalue weighted by molar-refractivity contribution is 8.01. The molecule has 18 aliphatic rings. The third-order valence-corrected chi connectivity index (χ3v) is 35.2. The van der Waals surface area contributed by atoms with Gasteiger partial charge in [0.25, 0.3) is 0 Å². The van der Waals surface area contributed by atoms with Gasteiger partial charge in [0.1, 0.15) is 0 Å². The van der Waals surface area contributed by atoms with Crippen LogP contribution in [0.3, 0.4) is 0 Å². The summed E-state index contributed by atoms with van der Waals surface area (Å²) in [5, 5.41) is 40.3. The predicted octanol–water partition coefficient (Wildman–Crippen LogP) is 10.9. The van der Waals surface area contributed by atoms with Gasteiger partial charge in [0.05, 0.1) is 35.2 Å². The Morgan fingerprint density at radius 2 is 0.742 bits per heavy atom. The minimum atomic E-state index is 0.430. The van der Waals surface area contributed by atoms with Crippen LogP contribution in [0.15, 0.2) is 0 Å². The van der Waals surface area contributed by atoms with E-state index in [9.17, 15) is 0 Å². The number of ether oxygens (including phenoxy) is 2. The van der Waals surface area contributed by atoms with Gasteiger partial charge in [-0.05, 0) is 326 Å². The number of piperazine rings is 2. The number of fused-ring (bicyclic) bond motifs is 13. The molecule has 7 saturated carbocycles. The van der Waals surface area contributed by atoms with E-state index in [-0.39, 0.29) is 0 Å². The van der Waals surface area contributed by atoms with Crippen molar-refractivity contribution in [3.05, 3.63) is 0 Å². The highest BCUT2D eigenvalue weighted by Gasteiger charge is 2.61. The quantitative estimate of drug-likeness (QED) is 0.109. The maximum atomic E-state index is 8.06. The summed E-state index contributed by atoms with van der Waals surface area (Å²) in [6.07, 6.45) is 47.7. The van der Waals surface area contributed by atoms with E-state index in [1.165, 1.54) is 245 Å². The van der Waals surface area contributed by atoms with Gasteiger partial charge in [-0.3, -0.25) is 0 Å². The molecule has 11 heterocycles. The molecule has 0 spiro atoms. The first-order valence-electron chi connectivity index (χ1n) is 40.3. The fourth-order valence-corrected chi connectivity index (χ4v) is 31.5. The molecule has 0 amide bonds. The minimum Gasteiger partial charge on any atom is -0.374 e. The molecule has 0 aromatic carbocycles. The third-order valence-electron chi connectivity index (χ3n) is 31.8. The molecule has 2 bridgehead atoms. The second kappa shape index (κ2) is 27.2. The Kier molecular flexibility index (Phi) is 18.8. The van der Waals surface area contributed by atoms with Gasteiger partial charge in [0.2, 0.25) is 0 Å². The van der Waals surface area contributed by atoms with E-state index in [1.807, 2.05) is 0 Å². The van der Waals surface area contributed by atoms with Gasteiger partial charge >= 0.3 is 0 Å². The molecule has 0 aromatic heterocycles. The monoisotopic (exact) mass is 1260 g/mol. The average molecular weight is 1260 g/mol. The Balaban J connectivity index is 0.547. The highest BCUT2D eigenvalue weighted by atomic mass is 32.2. The molecule has 9 N–H and O–H groups in total. The first-order chi connectivity index (χ1) is 44.1. The van der Waals surface area contributed by atoms with Crippen LogP contribution in [0, 0.1) is 118 Å². The molecule has 7 aliphatic carbocycles. The molecule has 18 rings (SSSR count). The Morgan fingerprint density at radius 3 is 1.40 bits per heavy atom. The highest BCUT2D eigenvalue weighted by Crippen LogP contribution is 2.61. The standard InChI is InChI=1S/C76H127N9O2S2/c1-2-9-52(50(8-1)44-23-31-78-32-24-44)62-18-20-67-70(83-62)71-76(89-67)82-42-64(85-71)58-16-6-14-56-55-13-5-12-54(73(55)87-74(56)58)53-11-3-7-47-40-65(53)86-72-51(47)10-4-15-57(72)63-41-81-75-69(84-63)61-37-48(17-19-66(61)88-75)68-59(45-25-33-79-34-26-45)38-49(43-21-29-77-30-22-43)39-60(68)46-27-35-80-36-28-46/h43-85H,1-42H2. The molecule has 11 nitrogen and oxygen atoms in total. The lowest BCUT2D eigenvalue weighted by molar-refractivity contribution is -0.182. The van der Waals surface area contributed by atoms with Gasteiger partial charge in [0.15, 0.2) is 0 Å². The summed E-state index contributed by atoms with van der Waals surface area (Å²) < 4.78 is 16.0. The largest absolute Gasteiger partial charge is 0.374 e. The summed E-state index contributed by atoms with van der Waals surface area (Å²) in [6.45, 7) is 12.3. The Morgan fingerprint density at radius 1 is 0.270 bits per heavy atom. The number of nitrogens with one attached hydrogen (secondary N) is 9. The van der Waals surface area contributed by atoms with Crippen molar-refractivity contribution in [3.63, 3.8) is 0 Å². The van der Waals surface area contributed by atoms with Crippen LogP contribution in [0.2, 0.25) is 0 Å². The van der Waals surface area contributed by atoms with E-state index in [2.05, 4.69) is 66.1 Å². The maximum absolute atomic E-state index is 8.06. The summed E-state index contributed by atoms with van der Waals surface area (Å²) in [5.74, 6) is 17.0. The Labute approximate surface area is 548 Å². The van der Waals surface area contributed by atoms with Crippen LogP contribution in [0.25, 0.3) is 0 Å². The summed E-state index contributed by atoms with van der Waals surface area (Å²) in [5.41, 5.74) is 0. The zero-order valence-electron chi connectivity index (χ0n) is 55.5. The zero-order valence-corrected chi connectivity index (χ0v) is 57.1. The molecule has 11 saturated heterocycles. The van der Waals surface area contributed by atoms with Gasteiger partial charge in [-0.25, -0.2) is 0 Å². The lowest BCUT2D eigenvalue weighted by Gasteiger charge is -2.55. The van der Waals surface area contributed by atoms with Crippen molar-refractivity contribution in [2.45, 2.75) is 287 Å². The zero-order chi connectivity index (χ0) is 58.5. The van der Waals surface area contributed by atoms with E-state index < -0.39 is 0 Å². The lowest BCUT2D eigenvalue weighted by atomic mass is 9.51. The first-order valence-corrected chi connectivity index (χ1v) is 42.2. The van der Waals surface area contributed by atoms with Crippen LogP contribution < -0.4 is 47.9 Å². The number of hydrogen-bond acceptors (Lipinski definition) is 13. The van der Waals surface area contributed by atoms with Gasteiger partial charge < -0.3 is 57.3 Å². The second-order valence-corrected chi connectivity index (χ2v) is 38.2. The molecule has 11 aliphatic heterocycles. The molecular weight excluding hydrogens is 1140 g/mol. The number of rotatable bonds is 9. The topological polar surface area (TPSA) is 127 Å². The Hall–Kier alpha value is 0.260. The van der Waals surface area contributed by atoms with Crippen molar-refractivity contribution in [3.8, 4) is 0 Å². The molecule has 89 heavy (non-hydrogen) atoms. The number of thioether (sulfide) groups is 2. The molecule has 28 unspecified atom stereocenters. The molecule has 500 valence electrons. The van der Waals surface area contributed by atoms with E-state index >= 15 is 0 Å². The summed E-state index contributed by atoms with van der Waals surface area (Å²) in [6, 6.07) is 3.53. The first kappa shape index (κ1) is 61.6. The minimum absolute atomic E-state index is 0.430. The lowest BCUT2D eigenvalue weighted by Crippen LogP contribution is -2.68. The van der Waals surface area contributed by atoms with Crippen molar-refractivity contribution < 1.29 is 9.47 Å². The molecular formula is C76H127N9O2S2. The molecule has 0 aromatic rings. The predicted molar refractivity (Wildman–Crippen MR) is 365 cm³/mol. The number of hydrogen-bond donors (Lipinski definition) is 9. The normalized spacial score (nSPS) is 53.7. The van der Waals surface area contributed by atoms with Crippen LogP contribution in [0.5, 0.6) is 0 Å². The smallest absolute Gasteiger partial charge is 0.0707 e. The summed E-state index contributed by atoms with van der Waals surface area (Å²) in [4.78, 5) is 0.